The molecule has 0 bridgehead atoms. The second-order valence-corrected chi connectivity index (χ2v) is 8.46. The van der Waals surface area contributed by atoms with E-state index in [2.05, 4.69) is 87.5 Å². The molecule has 2 nitrogen and oxygen atoms in total. The molecule has 6 rings (SSSR count). The maximum Gasteiger partial charge on any atom is 0.138 e. The lowest BCUT2D eigenvalue weighted by molar-refractivity contribution is 0.663. The Hall–Kier alpha value is -3.52. The van der Waals surface area contributed by atoms with Crippen molar-refractivity contribution >= 4 is 43.9 Å². The number of hydrogen-bond donors (Lipinski definition) is 0. The molecule has 0 radical (unpaired) electrons. The van der Waals surface area contributed by atoms with E-state index in [0.717, 1.165) is 28.8 Å². The average Bonchev–Trinajstić information content (AvgIpc) is 3.27. The second kappa shape index (κ2) is 6.24. The molecule has 0 fully saturated rings. The van der Waals surface area contributed by atoms with Crippen molar-refractivity contribution in [2.75, 3.05) is 0 Å². The molecule has 0 unspecified atom stereocenters. The summed E-state index contributed by atoms with van der Waals surface area (Å²) in [7, 11) is 0. The molecule has 0 saturated carbocycles. The van der Waals surface area contributed by atoms with E-state index >= 15 is 0 Å². The molecule has 0 saturated heterocycles. The van der Waals surface area contributed by atoms with E-state index in [4.69, 9.17) is 8.83 Å². The van der Waals surface area contributed by atoms with Gasteiger partial charge in [0.2, 0.25) is 0 Å². The van der Waals surface area contributed by atoms with Crippen molar-refractivity contribution in [3.63, 3.8) is 0 Å². The molecule has 0 aliphatic rings. The zero-order valence-electron chi connectivity index (χ0n) is 17.4. The second-order valence-electron chi connectivity index (χ2n) is 8.46. The fourth-order valence-electron chi connectivity index (χ4n) is 4.67. The molecule has 2 aromatic heterocycles. The van der Waals surface area contributed by atoms with Gasteiger partial charge in [-0.05, 0) is 67.8 Å². The summed E-state index contributed by atoms with van der Waals surface area (Å²) in [5.74, 6) is 0. The van der Waals surface area contributed by atoms with Gasteiger partial charge in [-0.2, -0.15) is 0 Å². The topological polar surface area (TPSA) is 26.3 Å². The highest BCUT2D eigenvalue weighted by molar-refractivity contribution is 6.07. The van der Waals surface area contributed by atoms with E-state index in [9.17, 15) is 0 Å². The van der Waals surface area contributed by atoms with Gasteiger partial charge >= 0.3 is 0 Å². The summed E-state index contributed by atoms with van der Waals surface area (Å²) in [6.45, 7) is 6.38. The van der Waals surface area contributed by atoms with Crippen LogP contribution >= 0.6 is 0 Å². The third-order valence-corrected chi connectivity index (χ3v) is 6.10. The highest BCUT2D eigenvalue weighted by atomic mass is 16.3. The summed E-state index contributed by atoms with van der Waals surface area (Å²) in [4.78, 5) is 0. The van der Waals surface area contributed by atoms with Gasteiger partial charge in [0.1, 0.15) is 22.3 Å². The van der Waals surface area contributed by atoms with Gasteiger partial charge in [0.15, 0.2) is 0 Å². The zero-order chi connectivity index (χ0) is 20.4. The molecule has 2 heteroatoms. The summed E-state index contributed by atoms with van der Waals surface area (Å²) >= 11 is 0. The minimum absolute atomic E-state index is 0.825. The Kier molecular flexibility index (Phi) is 3.61. The third-order valence-electron chi connectivity index (χ3n) is 6.10. The Bertz CT molecular complexity index is 1590. The van der Waals surface area contributed by atoms with Crippen LogP contribution in [0.4, 0.5) is 0 Å². The van der Waals surface area contributed by atoms with Gasteiger partial charge in [-0.1, -0.05) is 42.0 Å². The summed E-state index contributed by atoms with van der Waals surface area (Å²) < 4.78 is 12.4. The van der Waals surface area contributed by atoms with E-state index < -0.39 is 0 Å². The molecule has 30 heavy (non-hydrogen) atoms. The van der Waals surface area contributed by atoms with Crippen LogP contribution in [0, 0.1) is 20.8 Å². The molecular weight excluding hydrogens is 368 g/mol. The van der Waals surface area contributed by atoms with Crippen LogP contribution in [0.3, 0.4) is 0 Å². The third kappa shape index (κ3) is 2.57. The average molecular weight is 390 g/mol. The Morgan fingerprint density at radius 1 is 0.600 bits per heavy atom. The fourth-order valence-corrected chi connectivity index (χ4v) is 4.67. The molecule has 0 amide bonds. The van der Waals surface area contributed by atoms with E-state index in [1.54, 1.807) is 0 Å². The number of benzene rings is 4. The lowest BCUT2D eigenvalue weighted by Crippen LogP contribution is -1.90. The monoisotopic (exact) mass is 390 g/mol. The summed E-state index contributed by atoms with van der Waals surface area (Å²) in [5, 5.41) is 4.76. The van der Waals surface area contributed by atoms with Crippen LogP contribution in [0.15, 0.2) is 75.6 Å². The van der Waals surface area contributed by atoms with Crippen LogP contribution in [0.2, 0.25) is 0 Å². The minimum Gasteiger partial charge on any atom is -0.456 e. The first-order chi connectivity index (χ1) is 14.6. The van der Waals surface area contributed by atoms with Crippen molar-refractivity contribution in [3.05, 3.63) is 94.5 Å². The van der Waals surface area contributed by atoms with Crippen LogP contribution in [-0.2, 0) is 6.42 Å². The zero-order valence-corrected chi connectivity index (χ0v) is 17.4. The smallest absolute Gasteiger partial charge is 0.138 e. The van der Waals surface area contributed by atoms with Crippen LogP contribution in [0.1, 0.15) is 27.8 Å². The van der Waals surface area contributed by atoms with Crippen LogP contribution in [0.25, 0.3) is 43.9 Å². The van der Waals surface area contributed by atoms with Gasteiger partial charge in [-0.15, -0.1) is 0 Å². The highest BCUT2D eigenvalue weighted by Gasteiger charge is 2.14. The predicted octanol–water partition coefficient (Wildman–Crippen LogP) is 8.00. The van der Waals surface area contributed by atoms with Crippen molar-refractivity contribution in [1.82, 2.24) is 0 Å². The first-order valence-corrected chi connectivity index (χ1v) is 10.4. The Balaban J connectivity index is 1.53. The summed E-state index contributed by atoms with van der Waals surface area (Å²) in [6, 6.07) is 23.8. The molecule has 0 aliphatic carbocycles. The Morgan fingerprint density at radius 3 is 2.20 bits per heavy atom. The summed E-state index contributed by atoms with van der Waals surface area (Å²) in [6.07, 6.45) is 0.825. The number of para-hydroxylation sites is 1. The number of rotatable bonds is 2. The maximum atomic E-state index is 6.31. The van der Waals surface area contributed by atoms with Gasteiger partial charge in [-0.25, -0.2) is 0 Å². The van der Waals surface area contributed by atoms with Crippen LogP contribution in [0.5, 0.6) is 0 Å². The van der Waals surface area contributed by atoms with E-state index in [1.807, 2.05) is 0 Å². The maximum absolute atomic E-state index is 6.31. The molecule has 0 aliphatic heterocycles. The number of furan rings is 2. The minimum atomic E-state index is 0.825. The van der Waals surface area contributed by atoms with E-state index in [1.165, 1.54) is 49.4 Å². The molecule has 2 heterocycles. The number of aryl methyl sites for hydroxylation is 3. The molecule has 6 aromatic rings. The van der Waals surface area contributed by atoms with Gasteiger partial charge in [0, 0.05) is 33.5 Å². The largest absolute Gasteiger partial charge is 0.456 e. The fraction of sp³-hybridized carbons (Fsp3) is 0.143. The lowest BCUT2D eigenvalue weighted by Gasteiger charge is -2.05. The quantitative estimate of drug-likeness (QED) is 0.299. The summed E-state index contributed by atoms with van der Waals surface area (Å²) in [5.41, 5.74) is 10.0. The van der Waals surface area contributed by atoms with E-state index in [-0.39, 0.29) is 0 Å². The standard InChI is InChI=1S/C28H22O2/c1-16-7-9-25-22(12-16)24-13-17(2)11-20(28(24)30-25)14-19-8-10-26-23(15-19)21-6-4-5-18(3)27(21)29-26/h4-13,15H,14H2,1-3H3. The van der Waals surface area contributed by atoms with Crippen molar-refractivity contribution < 1.29 is 8.83 Å². The van der Waals surface area contributed by atoms with Gasteiger partial charge in [0.25, 0.3) is 0 Å². The molecule has 0 atom stereocenters. The Labute approximate surface area is 174 Å². The molecule has 146 valence electrons. The van der Waals surface area contributed by atoms with Crippen LogP contribution in [-0.4, -0.2) is 0 Å². The van der Waals surface area contributed by atoms with Crippen LogP contribution < -0.4 is 0 Å². The highest BCUT2D eigenvalue weighted by Crippen LogP contribution is 2.35. The van der Waals surface area contributed by atoms with Crippen molar-refractivity contribution in [2.24, 2.45) is 0 Å². The Morgan fingerprint density at radius 2 is 1.33 bits per heavy atom. The van der Waals surface area contributed by atoms with E-state index in [0.29, 0.717) is 0 Å². The van der Waals surface area contributed by atoms with Gasteiger partial charge < -0.3 is 8.83 Å². The predicted molar refractivity (Wildman–Crippen MR) is 124 cm³/mol. The molecule has 0 spiro atoms. The molecular formula is C28H22O2. The van der Waals surface area contributed by atoms with Crippen molar-refractivity contribution in [1.29, 1.82) is 0 Å². The molecule has 0 N–H and O–H groups in total. The molecule has 4 aromatic carbocycles. The first-order valence-electron chi connectivity index (χ1n) is 10.4. The number of hydrogen-bond acceptors (Lipinski definition) is 2. The van der Waals surface area contributed by atoms with Gasteiger partial charge in [-0.3, -0.25) is 0 Å². The normalized spacial score (nSPS) is 12.0. The lowest BCUT2D eigenvalue weighted by atomic mass is 9.98. The first kappa shape index (κ1) is 17.3. The SMILES string of the molecule is Cc1ccc2oc3c(Cc4ccc5oc6c(C)cccc6c5c4)cc(C)cc3c2c1. The number of fused-ring (bicyclic) bond motifs is 6. The van der Waals surface area contributed by atoms with Crippen molar-refractivity contribution in [2.45, 2.75) is 27.2 Å². The van der Waals surface area contributed by atoms with Gasteiger partial charge in [0.05, 0.1) is 0 Å². The van der Waals surface area contributed by atoms with Crippen molar-refractivity contribution in [3.8, 4) is 0 Å².